The van der Waals surface area contributed by atoms with E-state index in [1.54, 1.807) is 11.4 Å². The first kappa shape index (κ1) is 13.7. The SMILES string of the molecule is COC(=O)c1sccc1NC(=O)C(C)C(C)C. The molecule has 1 heterocycles. The summed E-state index contributed by atoms with van der Waals surface area (Å²) in [7, 11) is 1.32. The molecule has 1 atom stereocenters. The average Bonchev–Trinajstić information content (AvgIpc) is 2.74. The Hall–Kier alpha value is -1.36. The predicted octanol–water partition coefficient (Wildman–Crippen LogP) is 2.77. The highest BCUT2D eigenvalue weighted by Crippen LogP contribution is 2.24. The van der Waals surface area contributed by atoms with Gasteiger partial charge in [-0.05, 0) is 17.4 Å². The maximum Gasteiger partial charge on any atom is 0.350 e. The summed E-state index contributed by atoms with van der Waals surface area (Å²) in [4.78, 5) is 23.7. The van der Waals surface area contributed by atoms with Gasteiger partial charge < -0.3 is 10.1 Å². The fraction of sp³-hybridized carbons (Fsp3) is 0.500. The van der Waals surface area contributed by atoms with Crippen LogP contribution in [-0.2, 0) is 9.53 Å². The van der Waals surface area contributed by atoms with E-state index in [1.165, 1.54) is 18.4 Å². The van der Waals surface area contributed by atoms with E-state index < -0.39 is 5.97 Å². The number of thiophene rings is 1. The van der Waals surface area contributed by atoms with Crippen LogP contribution in [0.4, 0.5) is 5.69 Å². The number of carbonyl (C=O) groups is 2. The molecule has 1 aromatic rings. The third-order valence-corrected chi connectivity index (χ3v) is 3.60. The highest BCUT2D eigenvalue weighted by molar-refractivity contribution is 7.12. The van der Waals surface area contributed by atoms with Crippen molar-refractivity contribution in [1.82, 2.24) is 0 Å². The Balaban J connectivity index is 2.79. The standard InChI is InChI=1S/C12H17NO3S/c1-7(2)8(3)11(14)13-9-5-6-17-10(9)12(15)16-4/h5-8H,1-4H3,(H,13,14). The smallest absolute Gasteiger partial charge is 0.350 e. The molecule has 1 N–H and O–H groups in total. The molecule has 1 rings (SSSR count). The number of hydrogen-bond donors (Lipinski definition) is 1. The van der Waals surface area contributed by atoms with Crippen LogP contribution in [0.2, 0.25) is 0 Å². The quantitative estimate of drug-likeness (QED) is 0.842. The van der Waals surface area contributed by atoms with Crippen LogP contribution < -0.4 is 5.32 Å². The van der Waals surface area contributed by atoms with Crippen LogP contribution in [0.5, 0.6) is 0 Å². The Morgan fingerprint density at radius 3 is 2.53 bits per heavy atom. The van der Waals surface area contributed by atoms with Crippen molar-refractivity contribution >= 4 is 28.9 Å². The molecular weight excluding hydrogens is 238 g/mol. The van der Waals surface area contributed by atoms with Crippen LogP contribution in [0.1, 0.15) is 30.4 Å². The first-order valence-corrected chi connectivity index (χ1v) is 6.32. The Bertz CT molecular complexity index is 412. The highest BCUT2D eigenvalue weighted by Gasteiger charge is 2.20. The molecule has 0 bridgehead atoms. The third-order valence-electron chi connectivity index (χ3n) is 2.71. The van der Waals surface area contributed by atoms with Crippen LogP contribution in [0.3, 0.4) is 0 Å². The molecular formula is C12H17NO3S. The lowest BCUT2D eigenvalue weighted by Crippen LogP contribution is -2.24. The van der Waals surface area contributed by atoms with Crippen molar-refractivity contribution in [2.45, 2.75) is 20.8 Å². The van der Waals surface area contributed by atoms with E-state index in [9.17, 15) is 9.59 Å². The van der Waals surface area contributed by atoms with Crippen molar-refractivity contribution < 1.29 is 14.3 Å². The van der Waals surface area contributed by atoms with E-state index >= 15 is 0 Å². The number of esters is 1. The Morgan fingerprint density at radius 2 is 2.00 bits per heavy atom. The van der Waals surface area contributed by atoms with Gasteiger partial charge in [0.2, 0.25) is 5.91 Å². The molecule has 0 saturated carbocycles. The summed E-state index contributed by atoms with van der Waals surface area (Å²) in [5.41, 5.74) is 0.527. The van der Waals surface area contributed by atoms with Gasteiger partial charge in [0.05, 0.1) is 12.8 Å². The van der Waals surface area contributed by atoms with Crippen LogP contribution in [0, 0.1) is 11.8 Å². The van der Waals surface area contributed by atoms with Gasteiger partial charge >= 0.3 is 5.97 Å². The molecule has 5 heteroatoms. The van der Waals surface area contributed by atoms with Crippen molar-refractivity contribution in [1.29, 1.82) is 0 Å². The predicted molar refractivity (Wildman–Crippen MR) is 68.3 cm³/mol. The minimum absolute atomic E-state index is 0.0800. The van der Waals surface area contributed by atoms with Crippen molar-refractivity contribution in [3.05, 3.63) is 16.3 Å². The topological polar surface area (TPSA) is 55.4 Å². The molecule has 17 heavy (non-hydrogen) atoms. The Kier molecular flexibility index (Phi) is 4.69. The van der Waals surface area contributed by atoms with Crippen molar-refractivity contribution in [2.24, 2.45) is 11.8 Å². The summed E-state index contributed by atoms with van der Waals surface area (Å²) in [6.07, 6.45) is 0. The maximum atomic E-state index is 11.9. The molecule has 94 valence electrons. The minimum atomic E-state index is -0.424. The molecule has 0 saturated heterocycles. The van der Waals surface area contributed by atoms with Crippen molar-refractivity contribution in [3.8, 4) is 0 Å². The Morgan fingerprint density at radius 1 is 1.35 bits per heavy atom. The second-order valence-corrected chi connectivity index (χ2v) is 5.09. The third kappa shape index (κ3) is 3.30. The lowest BCUT2D eigenvalue weighted by Gasteiger charge is -2.15. The van der Waals surface area contributed by atoms with E-state index in [2.05, 4.69) is 10.1 Å². The number of hydrogen-bond acceptors (Lipinski definition) is 4. The van der Waals surface area contributed by atoms with Gasteiger partial charge in [-0.15, -0.1) is 11.3 Å². The van der Waals surface area contributed by atoms with Gasteiger partial charge in [-0.2, -0.15) is 0 Å². The molecule has 0 aliphatic carbocycles. The van der Waals surface area contributed by atoms with E-state index in [4.69, 9.17) is 0 Å². The van der Waals surface area contributed by atoms with E-state index in [1.807, 2.05) is 20.8 Å². The number of nitrogens with one attached hydrogen (secondary N) is 1. The molecule has 0 aliphatic heterocycles. The summed E-state index contributed by atoms with van der Waals surface area (Å²) in [5, 5.41) is 4.51. The highest BCUT2D eigenvalue weighted by atomic mass is 32.1. The lowest BCUT2D eigenvalue weighted by atomic mass is 9.97. The number of anilines is 1. The Labute approximate surface area is 105 Å². The van der Waals surface area contributed by atoms with Crippen LogP contribution in [0.15, 0.2) is 11.4 Å². The fourth-order valence-corrected chi connectivity index (χ4v) is 1.97. The van der Waals surface area contributed by atoms with E-state index in [-0.39, 0.29) is 17.7 Å². The average molecular weight is 255 g/mol. The van der Waals surface area contributed by atoms with Gasteiger partial charge in [0, 0.05) is 5.92 Å². The molecule has 4 nitrogen and oxygen atoms in total. The minimum Gasteiger partial charge on any atom is -0.465 e. The van der Waals surface area contributed by atoms with Crippen LogP contribution in [-0.4, -0.2) is 19.0 Å². The van der Waals surface area contributed by atoms with Gasteiger partial charge in [0.15, 0.2) is 0 Å². The molecule has 1 amide bonds. The normalized spacial score (nSPS) is 12.3. The van der Waals surface area contributed by atoms with Gasteiger partial charge in [0.25, 0.3) is 0 Å². The zero-order valence-corrected chi connectivity index (χ0v) is 11.3. The summed E-state index contributed by atoms with van der Waals surface area (Å²) >= 11 is 1.26. The first-order valence-electron chi connectivity index (χ1n) is 5.44. The monoisotopic (exact) mass is 255 g/mol. The number of ether oxygens (including phenoxy) is 1. The largest absolute Gasteiger partial charge is 0.465 e. The maximum absolute atomic E-state index is 11.9. The summed E-state index contributed by atoms with van der Waals surface area (Å²) < 4.78 is 4.64. The molecule has 1 aromatic heterocycles. The second-order valence-electron chi connectivity index (χ2n) is 4.18. The van der Waals surface area contributed by atoms with E-state index in [0.29, 0.717) is 10.6 Å². The van der Waals surface area contributed by atoms with Crippen molar-refractivity contribution in [3.63, 3.8) is 0 Å². The molecule has 0 aromatic carbocycles. The van der Waals surface area contributed by atoms with Gasteiger partial charge in [-0.25, -0.2) is 4.79 Å². The number of carbonyl (C=O) groups excluding carboxylic acids is 2. The molecule has 0 radical (unpaired) electrons. The molecule has 1 unspecified atom stereocenters. The van der Waals surface area contributed by atoms with Crippen LogP contribution >= 0.6 is 11.3 Å². The summed E-state index contributed by atoms with van der Waals surface area (Å²) in [6.45, 7) is 5.84. The number of rotatable bonds is 4. The van der Waals surface area contributed by atoms with Crippen molar-refractivity contribution in [2.75, 3.05) is 12.4 Å². The van der Waals surface area contributed by atoms with Gasteiger partial charge in [-0.3, -0.25) is 4.79 Å². The molecule has 0 fully saturated rings. The fourth-order valence-electron chi connectivity index (χ4n) is 1.21. The van der Waals surface area contributed by atoms with Crippen LogP contribution in [0.25, 0.3) is 0 Å². The number of methoxy groups -OCH3 is 1. The summed E-state index contributed by atoms with van der Waals surface area (Å²) in [6, 6.07) is 1.71. The van der Waals surface area contributed by atoms with Gasteiger partial charge in [-0.1, -0.05) is 20.8 Å². The second kappa shape index (κ2) is 5.82. The number of amides is 1. The van der Waals surface area contributed by atoms with E-state index in [0.717, 1.165) is 0 Å². The van der Waals surface area contributed by atoms with Gasteiger partial charge in [0.1, 0.15) is 4.88 Å². The zero-order valence-electron chi connectivity index (χ0n) is 10.4. The molecule has 0 aliphatic rings. The lowest BCUT2D eigenvalue weighted by molar-refractivity contribution is -0.120. The first-order chi connectivity index (χ1) is 7.97. The summed E-state index contributed by atoms with van der Waals surface area (Å²) in [5.74, 6) is -0.341. The molecule has 0 spiro atoms. The zero-order chi connectivity index (χ0) is 13.0.